The first-order valence-electron chi connectivity index (χ1n) is 5.97. The second kappa shape index (κ2) is 3.71. The van der Waals surface area contributed by atoms with Crippen molar-refractivity contribution in [1.29, 1.82) is 0 Å². The molecule has 0 saturated heterocycles. The van der Waals surface area contributed by atoms with Gasteiger partial charge in [-0.1, -0.05) is 41.5 Å². The van der Waals surface area contributed by atoms with Crippen LogP contribution in [-0.4, -0.2) is 17.6 Å². The Kier molecular flexibility index (Phi) is 3.12. The van der Waals surface area contributed by atoms with E-state index < -0.39 is 11.6 Å². The predicted octanol–water partition coefficient (Wildman–Crippen LogP) is 3.07. The Hall–Kier alpha value is -0.600. The van der Waals surface area contributed by atoms with Gasteiger partial charge in [0.05, 0.1) is 0 Å². The van der Waals surface area contributed by atoms with Crippen molar-refractivity contribution in [3.63, 3.8) is 0 Å². The lowest BCUT2D eigenvalue weighted by Crippen LogP contribution is -2.53. The maximum absolute atomic E-state index is 13.6. The minimum Gasteiger partial charge on any atom is -0.350 e. The van der Waals surface area contributed by atoms with Crippen LogP contribution in [-0.2, 0) is 4.79 Å². The van der Waals surface area contributed by atoms with E-state index in [1.54, 1.807) is 0 Å². The number of carbonyl (C=O) groups is 1. The van der Waals surface area contributed by atoms with Gasteiger partial charge in [-0.3, -0.25) is 4.79 Å². The van der Waals surface area contributed by atoms with Crippen LogP contribution in [0, 0.1) is 10.8 Å². The Labute approximate surface area is 98.0 Å². The molecule has 1 fully saturated rings. The number of alkyl halides is 1. The molecule has 0 spiro atoms. The van der Waals surface area contributed by atoms with Crippen molar-refractivity contribution < 1.29 is 9.18 Å². The molecule has 94 valence electrons. The van der Waals surface area contributed by atoms with Crippen LogP contribution in [0.2, 0.25) is 0 Å². The minimum atomic E-state index is -1.57. The summed E-state index contributed by atoms with van der Waals surface area (Å²) < 4.78 is 13.6. The molecule has 0 aromatic rings. The fourth-order valence-electron chi connectivity index (χ4n) is 2.33. The van der Waals surface area contributed by atoms with Gasteiger partial charge < -0.3 is 5.32 Å². The lowest BCUT2D eigenvalue weighted by atomic mass is 9.72. The van der Waals surface area contributed by atoms with Crippen molar-refractivity contribution in [3.05, 3.63) is 0 Å². The summed E-state index contributed by atoms with van der Waals surface area (Å²) in [7, 11) is 0. The number of halogens is 1. The summed E-state index contributed by atoms with van der Waals surface area (Å²) >= 11 is 0. The Bertz CT molecular complexity index is 267. The molecular weight excluding hydrogens is 205 g/mol. The van der Waals surface area contributed by atoms with E-state index in [4.69, 9.17) is 0 Å². The average molecular weight is 229 g/mol. The van der Waals surface area contributed by atoms with Gasteiger partial charge in [-0.15, -0.1) is 0 Å². The number of hydrogen-bond donors (Lipinski definition) is 1. The normalized spacial score (nSPS) is 19.8. The largest absolute Gasteiger partial charge is 0.350 e. The van der Waals surface area contributed by atoms with Crippen LogP contribution < -0.4 is 5.32 Å². The molecule has 3 heteroatoms. The molecule has 0 radical (unpaired) electrons. The number of carbonyl (C=O) groups excluding carboxylic acids is 1. The molecule has 1 rings (SSSR count). The first kappa shape index (κ1) is 13.5. The third-order valence-corrected chi connectivity index (χ3v) is 3.10. The average Bonchev–Trinajstić information content (AvgIpc) is 2.75. The molecular formula is C13H24FNO. The van der Waals surface area contributed by atoms with E-state index in [1.165, 1.54) is 0 Å². The van der Waals surface area contributed by atoms with Crippen LogP contribution in [0.25, 0.3) is 0 Å². The topological polar surface area (TPSA) is 29.1 Å². The summed E-state index contributed by atoms with van der Waals surface area (Å²) in [5, 5.41) is 2.89. The Balaban J connectivity index is 2.76. The van der Waals surface area contributed by atoms with Crippen molar-refractivity contribution in [1.82, 2.24) is 5.32 Å². The zero-order chi connectivity index (χ0) is 12.8. The second-order valence-corrected chi connectivity index (χ2v) is 7.10. The van der Waals surface area contributed by atoms with Gasteiger partial charge in [-0.05, 0) is 23.7 Å². The van der Waals surface area contributed by atoms with E-state index in [9.17, 15) is 9.18 Å². The molecule has 16 heavy (non-hydrogen) atoms. The molecule has 1 aliphatic carbocycles. The zero-order valence-corrected chi connectivity index (χ0v) is 11.3. The van der Waals surface area contributed by atoms with Crippen LogP contribution >= 0.6 is 0 Å². The van der Waals surface area contributed by atoms with Gasteiger partial charge in [0, 0.05) is 6.04 Å². The van der Waals surface area contributed by atoms with E-state index in [0.29, 0.717) is 12.8 Å². The number of nitrogens with one attached hydrogen (secondary N) is 1. The number of amides is 1. The van der Waals surface area contributed by atoms with E-state index in [2.05, 4.69) is 46.9 Å². The van der Waals surface area contributed by atoms with Gasteiger partial charge in [0.2, 0.25) is 0 Å². The third-order valence-electron chi connectivity index (χ3n) is 3.10. The quantitative estimate of drug-likeness (QED) is 0.774. The second-order valence-electron chi connectivity index (χ2n) is 7.10. The summed E-state index contributed by atoms with van der Waals surface area (Å²) in [6.07, 6.45) is 0.750. The zero-order valence-electron chi connectivity index (χ0n) is 11.3. The van der Waals surface area contributed by atoms with Gasteiger partial charge in [-0.25, -0.2) is 4.39 Å². The van der Waals surface area contributed by atoms with E-state index in [1.807, 2.05) is 0 Å². The monoisotopic (exact) mass is 229 g/mol. The molecule has 0 heterocycles. The summed E-state index contributed by atoms with van der Waals surface area (Å²) in [4.78, 5) is 11.7. The summed E-state index contributed by atoms with van der Waals surface area (Å²) in [5.74, 6) is -0.428. The maximum atomic E-state index is 13.6. The smallest absolute Gasteiger partial charge is 0.257 e. The van der Waals surface area contributed by atoms with Crippen LogP contribution in [0.3, 0.4) is 0 Å². The highest BCUT2D eigenvalue weighted by atomic mass is 19.1. The van der Waals surface area contributed by atoms with Crippen LogP contribution in [0.5, 0.6) is 0 Å². The van der Waals surface area contributed by atoms with E-state index >= 15 is 0 Å². The molecule has 0 aromatic heterocycles. The van der Waals surface area contributed by atoms with Crippen molar-refractivity contribution >= 4 is 5.91 Å². The fourth-order valence-corrected chi connectivity index (χ4v) is 2.33. The van der Waals surface area contributed by atoms with Gasteiger partial charge in [0.25, 0.3) is 5.91 Å². The number of rotatable bonds is 2. The lowest BCUT2D eigenvalue weighted by molar-refractivity contribution is -0.130. The van der Waals surface area contributed by atoms with E-state index in [-0.39, 0.29) is 16.9 Å². The maximum Gasteiger partial charge on any atom is 0.257 e. The van der Waals surface area contributed by atoms with Crippen LogP contribution in [0.15, 0.2) is 0 Å². The summed E-state index contributed by atoms with van der Waals surface area (Å²) in [6.45, 7) is 12.4. The summed E-state index contributed by atoms with van der Waals surface area (Å²) in [5.41, 5.74) is -1.72. The molecule has 1 saturated carbocycles. The summed E-state index contributed by atoms with van der Waals surface area (Å²) in [6, 6.07) is -0.0271. The van der Waals surface area contributed by atoms with Gasteiger partial charge in [0.1, 0.15) is 0 Å². The fraction of sp³-hybridized carbons (Fsp3) is 0.923. The third kappa shape index (κ3) is 2.96. The van der Waals surface area contributed by atoms with Crippen molar-refractivity contribution in [2.45, 2.75) is 66.1 Å². The molecule has 2 nitrogen and oxygen atoms in total. The Morgan fingerprint density at radius 1 is 1.12 bits per heavy atom. The molecule has 1 amide bonds. The molecule has 0 aromatic carbocycles. The predicted molar refractivity (Wildman–Crippen MR) is 63.9 cm³/mol. The SMILES string of the molecule is CC(C)(C)C(NC(=O)C1(F)CC1)C(C)(C)C. The molecule has 1 aliphatic rings. The molecule has 1 N–H and O–H groups in total. The minimum absolute atomic E-state index is 0.0271. The van der Waals surface area contributed by atoms with Crippen molar-refractivity contribution in [2.75, 3.05) is 0 Å². The van der Waals surface area contributed by atoms with Crippen molar-refractivity contribution in [2.24, 2.45) is 10.8 Å². The molecule has 0 unspecified atom stereocenters. The first-order valence-corrected chi connectivity index (χ1v) is 5.97. The molecule has 0 aliphatic heterocycles. The molecule has 0 atom stereocenters. The van der Waals surface area contributed by atoms with Gasteiger partial charge in [0.15, 0.2) is 5.67 Å². The van der Waals surface area contributed by atoms with Crippen molar-refractivity contribution in [3.8, 4) is 0 Å². The van der Waals surface area contributed by atoms with Gasteiger partial charge in [-0.2, -0.15) is 0 Å². The Morgan fingerprint density at radius 2 is 1.50 bits per heavy atom. The highest BCUT2D eigenvalue weighted by Crippen LogP contribution is 2.41. The number of hydrogen-bond acceptors (Lipinski definition) is 1. The highest BCUT2D eigenvalue weighted by Gasteiger charge is 2.52. The van der Waals surface area contributed by atoms with Crippen LogP contribution in [0.4, 0.5) is 4.39 Å². The lowest BCUT2D eigenvalue weighted by Gasteiger charge is -2.41. The highest BCUT2D eigenvalue weighted by molar-refractivity contribution is 5.88. The van der Waals surface area contributed by atoms with Crippen LogP contribution in [0.1, 0.15) is 54.4 Å². The van der Waals surface area contributed by atoms with Gasteiger partial charge >= 0.3 is 0 Å². The standard InChI is InChI=1S/C13H24FNO/c1-11(2,3)9(12(4,5)6)15-10(16)13(14)7-8-13/h9H,7-8H2,1-6H3,(H,15,16). The Morgan fingerprint density at radius 3 is 1.75 bits per heavy atom. The molecule has 0 bridgehead atoms. The first-order chi connectivity index (χ1) is 6.97. The van der Waals surface area contributed by atoms with E-state index in [0.717, 1.165) is 0 Å².